The highest BCUT2D eigenvalue weighted by atomic mass is 19.1. The number of nitro benzene ring substituents is 1. The first-order valence-corrected chi connectivity index (χ1v) is 8.38. The topological polar surface area (TPSA) is 137 Å². The molecule has 10 heteroatoms. The van der Waals surface area contributed by atoms with Crippen LogP contribution in [0.15, 0.2) is 48.7 Å². The van der Waals surface area contributed by atoms with Crippen molar-refractivity contribution in [3.63, 3.8) is 0 Å². The maximum absolute atomic E-state index is 14.3. The van der Waals surface area contributed by atoms with Crippen LogP contribution in [0.1, 0.15) is 11.1 Å². The summed E-state index contributed by atoms with van der Waals surface area (Å²) >= 11 is 0. The Hall–Kier alpha value is -4.39. The normalized spacial score (nSPS) is 10.8. The third-order valence-corrected chi connectivity index (χ3v) is 4.35. The minimum Gasteiger partial charge on any atom is -0.368 e. The van der Waals surface area contributed by atoms with Crippen LogP contribution >= 0.6 is 0 Å². The number of benzene rings is 2. The van der Waals surface area contributed by atoms with Crippen LogP contribution < -0.4 is 5.73 Å². The van der Waals surface area contributed by atoms with Crippen LogP contribution in [0.3, 0.4) is 0 Å². The van der Waals surface area contributed by atoms with Crippen molar-refractivity contribution in [2.45, 2.75) is 6.54 Å². The van der Waals surface area contributed by atoms with Gasteiger partial charge in [0.15, 0.2) is 5.65 Å². The van der Waals surface area contributed by atoms with E-state index in [9.17, 15) is 14.5 Å². The standard InChI is InChI=1S/C19H12FN7O2/c20-16-7-14(27(28)29)5-4-13(16)10-26-18-15(9-23-26)17(24-19(22)25-18)12-3-1-2-11(6-12)8-21/h1-7,9H,10H2,(H2,22,24,25). The van der Waals surface area contributed by atoms with Gasteiger partial charge < -0.3 is 5.73 Å². The van der Waals surface area contributed by atoms with Crippen LogP contribution in [0.25, 0.3) is 22.3 Å². The van der Waals surface area contributed by atoms with E-state index >= 15 is 0 Å². The molecule has 2 aromatic carbocycles. The molecule has 0 bridgehead atoms. The number of hydrogen-bond donors (Lipinski definition) is 1. The summed E-state index contributed by atoms with van der Waals surface area (Å²) in [4.78, 5) is 18.6. The Morgan fingerprint density at radius 3 is 2.79 bits per heavy atom. The Balaban J connectivity index is 1.79. The predicted octanol–water partition coefficient (Wildman–Crippen LogP) is 3.04. The molecule has 2 N–H and O–H groups in total. The number of nitriles is 1. The summed E-state index contributed by atoms with van der Waals surface area (Å²) in [7, 11) is 0. The van der Waals surface area contributed by atoms with Gasteiger partial charge in [-0.1, -0.05) is 12.1 Å². The fraction of sp³-hybridized carbons (Fsp3) is 0.0526. The number of rotatable bonds is 4. The number of nitro groups is 1. The summed E-state index contributed by atoms with van der Waals surface area (Å²) in [6.45, 7) is 0.00144. The largest absolute Gasteiger partial charge is 0.368 e. The molecule has 142 valence electrons. The monoisotopic (exact) mass is 389 g/mol. The number of nitrogen functional groups attached to an aromatic ring is 1. The van der Waals surface area contributed by atoms with Crippen molar-refractivity contribution in [3.05, 3.63) is 75.7 Å². The number of hydrogen-bond acceptors (Lipinski definition) is 7. The first-order chi connectivity index (χ1) is 14.0. The fourth-order valence-corrected chi connectivity index (χ4v) is 2.98. The molecule has 29 heavy (non-hydrogen) atoms. The molecule has 0 aliphatic carbocycles. The highest BCUT2D eigenvalue weighted by molar-refractivity contribution is 5.91. The van der Waals surface area contributed by atoms with Gasteiger partial charge in [0, 0.05) is 17.2 Å². The van der Waals surface area contributed by atoms with E-state index in [4.69, 9.17) is 11.0 Å². The maximum atomic E-state index is 14.3. The Morgan fingerprint density at radius 2 is 2.07 bits per heavy atom. The summed E-state index contributed by atoms with van der Waals surface area (Å²) in [5.41, 5.74) is 7.76. The summed E-state index contributed by atoms with van der Waals surface area (Å²) < 4.78 is 15.7. The molecular formula is C19H12FN7O2. The number of aromatic nitrogens is 4. The van der Waals surface area contributed by atoms with Gasteiger partial charge in [-0.15, -0.1) is 0 Å². The molecule has 0 aliphatic rings. The number of anilines is 1. The molecule has 0 aliphatic heterocycles. The highest BCUT2D eigenvalue weighted by Crippen LogP contribution is 2.28. The van der Waals surface area contributed by atoms with E-state index in [1.54, 1.807) is 24.3 Å². The van der Waals surface area contributed by atoms with Gasteiger partial charge in [-0.05, 0) is 18.2 Å². The first-order valence-electron chi connectivity index (χ1n) is 8.38. The molecule has 0 saturated heterocycles. The van der Waals surface area contributed by atoms with Crippen molar-refractivity contribution in [2.24, 2.45) is 0 Å². The van der Waals surface area contributed by atoms with Gasteiger partial charge in [-0.2, -0.15) is 15.3 Å². The fourth-order valence-electron chi connectivity index (χ4n) is 2.98. The lowest BCUT2D eigenvalue weighted by atomic mass is 10.1. The van der Waals surface area contributed by atoms with Gasteiger partial charge >= 0.3 is 0 Å². The summed E-state index contributed by atoms with van der Waals surface area (Å²) in [6.07, 6.45) is 1.53. The molecule has 0 radical (unpaired) electrons. The van der Waals surface area contributed by atoms with Crippen molar-refractivity contribution < 1.29 is 9.31 Å². The van der Waals surface area contributed by atoms with Crippen molar-refractivity contribution in [1.82, 2.24) is 19.7 Å². The zero-order valence-electron chi connectivity index (χ0n) is 14.8. The van der Waals surface area contributed by atoms with E-state index in [2.05, 4.69) is 21.1 Å². The van der Waals surface area contributed by atoms with Gasteiger partial charge in [0.1, 0.15) is 5.82 Å². The van der Waals surface area contributed by atoms with Crippen LogP contribution in [0.2, 0.25) is 0 Å². The minimum atomic E-state index is -0.716. The van der Waals surface area contributed by atoms with Gasteiger partial charge in [0.2, 0.25) is 5.95 Å². The molecule has 0 unspecified atom stereocenters. The van der Waals surface area contributed by atoms with Crippen molar-refractivity contribution >= 4 is 22.7 Å². The predicted molar refractivity (Wildman–Crippen MR) is 102 cm³/mol. The second-order valence-corrected chi connectivity index (χ2v) is 6.20. The number of nitrogens with two attached hydrogens (primary N) is 1. The molecule has 2 heterocycles. The van der Waals surface area contributed by atoms with Crippen molar-refractivity contribution in [1.29, 1.82) is 5.26 Å². The van der Waals surface area contributed by atoms with E-state index in [0.29, 0.717) is 27.9 Å². The number of fused-ring (bicyclic) bond motifs is 1. The van der Waals surface area contributed by atoms with Crippen molar-refractivity contribution in [2.75, 3.05) is 5.73 Å². The molecule has 0 spiro atoms. The molecule has 0 amide bonds. The first kappa shape index (κ1) is 18.0. The van der Waals surface area contributed by atoms with Crippen LogP contribution in [0, 0.1) is 27.3 Å². The lowest BCUT2D eigenvalue weighted by molar-refractivity contribution is -0.385. The van der Waals surface area contributed by atoms with E-state index < -0.39 is 10.7 Å². The maximum Gasteiger partial charge on any atom is 0.272 e. The second-order valence-electron chi connectivity index (χ2n) is 6.20. The van der Waals surface area contributed by atoms with Gasteiger partial charge in [0.25, 0.3) is 5.69 Å². The van der Waals surface area contributed by atoms with Crippen LogP contribution in [0.5, 0.6) is 0 Å². The average molecular weight is 389 g/mol. The Kier molecular flexibility index (Phi) is 4.33. The smallest absolute Gasteiger partial charge is 0.272 e. The van der Waals surface area contributed by atoms with Crippen LogP contribution in [-0.4, -0.2) is 24.7 Å². The van der Waals surface area contributed by atoms with Crippen molar-refractivity contribution in [3.8, 4) is 17.3 Å². The SMILES string of the molecule is N#Cc1cccc(-c2nc(N)nc3c2cnn3Cc2ccc([N+](=O)[O-])cc2F)c1. The third kappa shape index (κ3) is 3.32. The van der Waals surface area contributed by atoms with E-state index in [-0.39, 0.29) is 23.7 Å². The Labute approximate surface area is 163 Å². The average Bonchev–Trinajstić information content (AvgIpc) is 3.11. The number of nitrogens with zero attached hydrogens (tertiary/aromatic N) is 6. The van der Waals surface area contributed by atoms with Gasteiger partial charge in [0.05, 0.1) is 46.4 Å². The Morgan fingerprint density at radius 1 is 1.24 bits per heavy atom. The molecule has 4 aromatic rings. The quantitative estimate of drug-likeness (QED) is 0.418. The Bertz CT molecular complexity index is 1310. The highest BCUT2D eigenvalue weighted by Gasteiger charge is 2.16. The summed E-state index contributed by atoms with van der Waals surface area (Å²) in [5.74, 6) is -0.715. The molecule has 2 aromatic heterocycles. The minimum absolute atomic E-state index is 0.000724. The van der Waals surface area contributed by atoms with Gasteiger partial charge in [-0.25, -0.2) is 14.1 Å². The summed E-state index contributed by atoms with van der Waals surface area (Å²) in [6, 6.07) is 12.4. The van der Waals surface area contributed by atoms with Gasteiger partial charge in [-0.3, -0.25) is 10.1 Å². The van der Waals surface area contributed by atoms with E-state index in [0.717, 1.165) is 6.07 Å². The van der Waals surface area contributed by atoms with E-state index in [1.807, 2.05) is 0 Å². The summed E-state index contributed by atoms with van der Waals surface area (Å²) in [5, 5.41) is 24.7. The molecule has 0 saturated carbocycles. The lowest BCUT2D eigenvalue weighted by Crippen LogP contribution is -2.06. The molecule has 4 rings (SSSR count). The van der Waals surface area contributed by atoms with E-state index in [1.165, 1.54) is 23.0 Å². The molecular weight excluding hydrogens is 377 g/mol. The second kappa shape index (κ2) is 6.97. The zero-order valence-corrected chi connectivity index (χ0v) is 14.8. The third-order valence-electron chi connectivity index (χ3n) is 4.35. The molecule has 9 nitrogen and oxygen atoms in total. The molecule has 0 fully saturated rings. The zero-order chi connectivity index (χ0) is 20.5. The lowest BCUT2D eigenvalue weighted by Gasteiger charge is -2.07. The van der Waals surface area contributed by atoms with Crippen LogP contribution in [-0.2, 0) is 6.54 Å². The number of halogens is 1. The number of non-ortho nitro benzene ring substituents is 1. The van der Waals surface area contributed by atoms with Crippen LogP contribution in [0.4, 0.5) is 16.0 Å². The molecule has 0 atom stereocenters.